The monoisotopic (exact) mass is 241 g/mol. The normalized spacial score (nSPS) is 9.76. The highest BCUT2D eigenvalue weighted by atomic mass is 19.1. The number of hydrogen-bond acceptors (Lipinski definition) is 4. The predicted octanol–water partition coefficient (Wildman–Crippen LogP) is 1.50. The van der Waals surface area contributed by atoms with E-state index in [1.165, 1.54) is 19.2 Å². The number of esters is 1. The van der Waals surface area contributed by atoms with Crippen LogP contribution in [-0.2, 0) is 9.53 Å². The Morgan fingerprint density at radius 3 is 2.76 bits per heavy atom. The molecule has 0 aliphatic rings. The average Bonchev–Trinajstić information content (AvgIpc) is 2.30. The summed E-state index contributed by atoms with van der Waals surface area (Å²) in [7, 11) is 1.26. The molecule has 5 nitrogen and oxygen atoms in total. The van der Waals surface area contributed by atoms with Gasteiger partial charge in [-0.2, -0.15) is 0 Å². The fourth-order valence-electron chi connectivity index (χ4n) is 1.20. The molecule has 1 rings (SSSR count). The van der Waals surface area contributed by atoms with Crippen molar-refractivity contribution in [2.75, 3.05) is 19.0 Å². The highest BCUT2D eigenvalue weighted by Crippen LogP contribution is 2.16. The number of carboxylic acids is 1. The molecule has 0 heterocycles. The van der Waals surface area contributed by atoms with E-state index < -0.39 is 17.8 Å². The number of hydrogen-bond donors (Lipinski definition) is 2. The lowest BCUT2D eigenvalue weighted by atomic mass is 10.2. The Balaban J connectivity index is 2.66. The number of carbonyl (C=O) groups is 2. The molecular formula is C11H12FNO4. The number of anilines is 1. The van der Waals surface area contributed by atoms with Gasteiger partial charge in [-0.1, -0.05) is 0 Å². The van der Waals surface area contributed by atoms with Crippen LogP contribution in [0.4, 0.5) is 10.1 Å². The predicted molar refractivity (Wildman–Crippen MR) is 58.5 cm³/mol. The van der Waals surface area contributed by atoms with Crippen LogP contribution in [0.15, 0.2) is 18.2 Å². The molecule has 0 bridgehead atoms. The van der Waals surface area contributed by atoms with Crippen molar-refractivity contribution in [2.45, 2.75) is 6.42 Å². The van der Waals surface area contributed by atoms with Gasteiger partial charge in [-0.05, 0) is 18.2 Å². The molecule has 0 spiro atoms. The molecule has 0 aliphatic heterocycles. The van der Waals surface area contributed by atoms with E-state index in [9.17, 15) is 14.0 Å². The van der Waals surface area contributed by atoms with Crippen molar-refractivity contribution in [3.8, 4) is 0 Å². The lowest BCUT2D eigenvalue weighted by Gasteiger charge is -2.07. The van der Waals surface area contributed by atoms with Gasteiger partial charge in [0.15, 0.2) is 0 Å². The van der Waals surface area contributed by atoms with Gasteiger partial charge in [0.2, 0.25) is 0 Å². The zero-order valence-corrected chi connectivity index (χ0v) is 9.20. The summed E-state index contributed by atoms with van der Waals surface area (Å²) in [5.41, 5.74) is 0.0285. The Labute approximate surface area is 97.2 Å². The standard InChI is InChI=1S/C11H12FNO4/c1-17-10(14)4-5-13-9-6-7(11(15)16)2-3-8(9)12/h2-3,6,13H,4-5H2,1H3,(H,15,16). The number of rotatable bonds is 5. The topological polar surface area (TPSA) is 75.6 Å². The van der Waals surface area contributed by atoms with E-state index in [4.69, 9.17) is 5.11 Å². The number of carbonyl (C=O) groups excluding carboxylic acids is 1. The van der Waals surface area contributed by atoms with E-state index >= 15 is 0 Å². The van der Waals surface area contributed by atoms with E-state index in [1.54, 1.807) is 0 Å². The molecular weight excluding hydrogens is 229 g/mol. The zero-order valence-electron chi connectivity index (χ0n) is 9.20. The first-order chi connectivity index (χ1) is 8.04. The summed E-state index contributed by atoms with van der Waals surface area (Å²) in [6, 6.07) is 3.40. The SMILES string of the molecule is COC(=O)CCNc1cc(C(=O)O)ccc1F. The minimum absolute atomic E-state index is 0.0213. The molecule has 0 aromatic heterocycles. The maximum Gasteiger partial charge on any atom is 0.335 e. The van der Waals surface area contributed by atoms with Crippen molar-refractivity contribution in [3.05, 3.63) is 29.6 Å². The van der Waals surface area contributed by atoms with E-state index in [-0.39, 0.29) is 24.2 Å². The number of benzene rings is 1. The zero-order chi connectivity index (χ0) is 12.8. The van der Waals surface area contributed by atoms with Crippen LogP contribution in [0.25, 0.3) is 0 Å². The first-order valence-corrected chi connectivity index (χ1v) is 4.88. The largest absolute Gasteiger partial charge is 0.478 e. The van der Waals surface area contributed by atoms with Gasteiger partial charge >= 0.3 is 11.9 Å². The lowest BCUT2D eigenvalue weighted by molar-refractivity contribution is -0.140. The summed E-state index contributed by atoms with van der Waals surface area (Å²) in [6.07, 6.45) is 0.0766. The summed E-state index contributed by atoms with van der Waals surface area (Å²) in [6.45, 7) is 0.173. The Bertz CT molecular complexity index is 433. The van der Waals surface area contributed by atoms with Crippen molar-refractivity contribution in [1.29, 1.82) is 0 Å². The Morgan fingerprint density at radius 2 is 2.18 bits per heavy atom. The second kappa shape index (κ2) is 5.83. The van der Waals surface area contributed by atoms with Crippen molar-refractivity contribution in [3.63, 3.8) is 0 Å². The second-order valence-corrected chi connectivity index (χ2v) is 3.25. The van der Waals surface area contributed by atoms with Crippen LogP contribution in [0.2, 0.25) is 0 Å². The minimum atomic E-state index is -1.14. The minimum Gasteiger partial charge on any atom is -0.478 e. The Kier molecular flexibility index (Phi) is 4.45. The lowest BCUT2D eigenvalue weighted by Crippen LogP contribution is -2.11. The highest BCUT2D eigenvalue weighted by Gasteiger charge is 2.08. The molecule has 1 aromatic rings. The first-order valence-electron chi connectivity index (χ1n) is 4.88. The summed E-state index contributed by atoms with van der Waals surface area (Å²) in [4.78, 5) is 21.5. The molecule has 92 valence electrons. The highest BCUT2D eigenvalue weighted by molar-refractivity contribution is 5.88. The van der Waals surface area contributed by atoms with Crippen molar-refractivity contribution >= 4 is 17.6 Å². The number of ether oxygens (including phenoxy) is 1. The van der Waals surface area contributed by atoms with Gasteiger partial charge in [-0.25, -0.2) is 9.18 Å². The van der Waals surface area contributed by atoms with E-state index in [1.807, 2.05) is 0 Å². The molecule has 0 atom stereocenters. The number of halogens is 1. The molecule has 0 saturated carbocycles. The smallest absolute Gasteiger partial charge is 0.335 e. The third-order valence-corrected chi connectivity index (χ3v) is 2.09. The maximum absolute atomic E-state index is 13.3. The van der Waals surface area contributed by atoms with Gasteiger partial charge in [0.1, 0.15) is 5.82 Å². The maximum atomic E-state index is 13.3. The molecule has 0 fully saturated rings. The summed E-state index contributed by atoms with van der Waals surface area (Å²) in [5, 5.41) is 11.4. The average molecular weight is 241 g/mol. The van der Waals surface area contributed by atoms with Crippen LogP contribution >= 0.6 is 0 Å². The number of methoxy groups -OCH3 is 1. The summed E-state index contributed by atoms with van der Waals surface area (Å²) < 4.78 is 17.7. The Hall–Kier alpha value is -2.11. The molecule has 0 saturated heterocycles. The molecule has 0 radical (unpaired) electrons. The Morgan fingerprint density at radius 1 is 1.47 bits per heavy atom. The van der Waals surface area contributed by atoms with Crippen LogP contribution < -0.4 is 5.32 Å². The molecule has 0 aliphatic carbocycles. The van der Waals surface area contributed by atoms with Gasteiger partial charge in [-0.3, -0.25) is 4.79 Å². The van der Waals surface area contributed by atoms with E-state index in [0.717, 1.165) is 6.07 Å². The number of nitrogens with one attached hydrogen (secondary N) is 1. The van der Waals surface area contributed by atoms with E-state index in [0.29, 0.717) is 0 Å². The van der Waals surface area contributed by atoms with Crippen LogP contribution in [0.5, 0.6) is 0 Å². The fourth-order valence-corrected chi connectivity index (χ4v) is 1.20. The summed E-state index contributed by atoms with van der Waals surface area (Å²) in [5.74, 6) is -2.13. The number of carboxylic acid groups (broad SMARTS) is 1. The van der Waals surface area contributed by atoms with Gasteiger partial charge < -0.3 is 15.2 Å². The molecule has 17 heavy (non-hydrogen) atoms. The van der Waals surface area contributed by atoms with Gasteiger partial charge in [0.05, 0.1) is 24.8 Å². The van der Waals surface area contributed by atoms with Gasteiger partial charge in [0, 0.05) is 6.54 Å². The van der Waals surface area contributed by atoms with Crippen molar-refractivity contribution in [1.82, 2.24) is 0 Å². The second-order valence-electron chi connectivity index (χ2n) is 3.25. The van der Waals surface area contributed by atoms with Gasteiger partial charge in [0.25, 0.3) is 0 Å². The van der Waals surface area contributed by atoms with Crippen LogP contribution in [0.1, 0.15) is 16.8 Å². The molecule has 1 aromatic carbocycles. The number of aromatic carboxylic acids is 1. The molecule has 2 N–H and O–H groups in total. The summed E-state index contributed by atoms with van der Waals surface area (Å²) >= 11 is 0. The van der Waals surface area contributed by atoms with E-state index in [2.05, 4.69) is 10.1 Å². The molecule has 0 amide bonds. The van der Waals surface area contributed by atoms with Crippen molar-refractivity contribution in [2.24, 2.45) is 0 Å². The van der Waals surface area contributed by atoms with Gasteiger partial charge in [-0.15, -0.1) is 0 Å². The van der Waals surface area contributed by atoms with Crippen LogP contribution in [0.3, 0.4) is 0 Å². The fraction of sp³-hybridized carbons (Fsp3) is 0.273. The quantitative estimate of drug-likeness (QED) is 0.764. The first kappa shape index (κ1) is 13.0. The van der Waals surface area contributed by atoms with Crippen LogP contribution in [0, 0.1) is 5.82 Å². The van der Waals surface area contributed by atoms with Crippen molar-refractivity contribution < 1.29 is 23.8 Å². The third-order valence-electron chi connectivity index (χ3n) is 2.09. The molecule has 6 heteroatoms. The van der Waals surface area contributed by atoms with Crippen LogP contribution in [-0.4, -0.2) is 30.7 Å². The third kappa shape index (κ3) is 3.75. The molecule has 0 unspecified atom stereocenters.